The number of nitrogens with zero attached hydrogens (tertiary/aromatic N) is 1. The Labute approximate surface area is 147 Å². The van der Waals surface area contributed by atoms with Crippen LogP contribution in [0.5, 0.6) is 0 Å². The van der Waals surface area contributed by atoms with E-state index in [-0.39, 0.29) is 5.91 Å². The molecule has 0 aliphatic heterocycles. The molecule has 3 aromatic rings. The highest BCUT2D eigenvalue weighted by molar-refractivity contribution is 9.10. The van der Waals surface area contributed by atoms with E-state index in [4.69, 9.17) is 4.98 Å². The largest absolute Gasteiger partial charge is 0.326 e. The van der Waals surface area contributed by atoms with Crippen LogP contribution in [0.3, 0.4) is 0 Å². The number of aromatic nitrogens is 1. The highest BCUT2D eigenvalue weighted by Crippen LogP contribution is 2.34. The van der Waals surface area contributed by atoms with E-state index in [2.05, 4.69) is 40.3 Å². The SMILES string of the molecule is CC(=O)Nc1ccc(-c2nc(-c3cccc(Br)c3)sc2C)cc1. The summed E-state index contributed by atoms with van der Waals surface area (Å²) in [6, 6.07) is 15.9. The van der Waals surface area contributed by atoms with E-state index in [1.807, 2.05) is 36.4 Å². The number of aryl methyl sites for hydroxylation is 1. The molecule has 0 bridgehead atoms. The topological polar surface area (TPSA) is 42.0 Å². The third-order valence-corrected chi connectivity index (χ3v) is 4.86. The number of anilines is 1. The van der Waals surface area contributed by atoms with Crippen LogP contribution in [0, 0.1) is 6.92 Å². The summed E-state index contributed by atoms with van der Waals surface area (Å²) in [7, 11) is 0. The van der Waals surface area contributed by atoms with Crippen LogP contribution in [0.1, 0.15) is 11.8 Å². The third kappa shape index (κ3) is 3.68. The molecule has 1 amide bonds. The molecule has 1 aromatic heterocycles. The van der Waals surface area contributed by atoms with Crippen LogP contribution in [0.2, 0.25) is 0 Å². The van der Waals surface area contributed by atoms with Crippen LogP contribution in [0.4, 0.5) is 5.69 Å². The van der Waals surface area contributed by atoms with Crippen molar-refractivity contribution in [1.82, 2.24) is 4.98 Å². The van der Waals surface area contributed by atoms with E-state index in [0.717, 1.165) is 32.0 Å². The van der Waals surface area contributed by atoms with E-state index in [1.165, 1.54) is 11.8 Å². The van der Waals surface area contributed by atoms with Crippen molar-refractivity contribution in [2.75, 3.05) is 5.32 Å². The Hall–Kier alpha value is -1.98. The van der Waals surface area contributed by atoms with Crippen LogP contribution in [-0.2, 0) is 4.79 Å². The van der Waals surface area contributed by atoms with Gasteiger partial charge in [0.25, 0.3) is 0 Å². The Morgan fingerprint density at radius 3 is 2.52 bits per heavy atom. The first-order valence-corrected chi connectivity index (χ1v) is 8.75. The van der Waals surface area contributed by atoms with Crippen molar-refractivity contribution in [2.24, 2.45) is 0 Å². The molecule has 23 heavy (non-hydrogen) atoms. The van der Waals surface area contributed by atoms with Crippen LogP contribution in [-0.4, -0.2) is 10.9 Å². The molecular weight excluding hydrogens is 372 g/mol. The average molecular weight is 387 g/mol. The van der Waals surface area contributed by atoms with Gasteiger partial charge in [-0.2, -0.15) is 0 Å². The lowest BCUT2D eigenvalue weighted by Crippen LogP contribution is -2.05. The highest BCUT2D eigenvalue weighted by Gasteiger charge is 2.11. The van der Waals surface area contributed by atoms with Crippen LogP contribution < -0.4 is 5.32 Å². The van der Waals surface area contributed by atoms with Crippen molar-refractivity contribution in [3.05, 3.63) is 57.9 Å². The average Bonchev–Trinajstić information content (AvgIpc) is 2.89. The number of carbonyl (C=O) groups is 1. The fourth-order valence-electron chi connectivity index (χ4n) is 2.32. The number of benzene rings is 2. The Morgan fingerprint density at radius 2 is 1.87 bits per heavy atom. The molecule has 0 fully saturated rings. The van der Waals surface area contributed by atoms with Gasteiger partial charge in [-0.1, -0.05) is 40.2 Å². The second kappa shape index (κ2) is 6.64. The summed E-state index contributed by atoms with van der Waals surface area (Å²) in [5, 5.41) is 3.78. The van der Waals surface area contributed by atoms with E-state index < -0.39 is 0 Å². The number of hydrogen-bond acceptors (Lipinski definition) is 3. The number of hydrogen-bond donors (Lipinski definition) is 1. The third-order valence-electron chi connectivity index (χ3n) is 3.35. The standard InChI is InChI=1S/C18H15BrN2OS/c1-11-17(13-6-8-16(9-7-13)20-12(2)22)21-18(23-11)14-4-3-5-15(19)10-14/h3-10H,1-2H3,(H,20,22). The monoisotopic (exact) mass is 386 g/mol. The number of rotatable bonds is 3. The number of thiazole rings is 1. The van der Waals surface area contributed by atoms with Gasteiger partial charge in [0.05, 0.1) is 5.69 Å². The Bertz CT molecular complexity index is 856. The molecular formula is C18H15BrN2OS. The van der Waals surface area contributed by atoms with Gasteiger partial charge in [0.2, 0.25) is 5.91 Å². The second-order valence-electron chi connectivity index (χ2n) is 5.19. The van der Waals surface area contributed by atoms with Crippen LogP contribution in [0.15, 0.2) is 53.0 Å². The van der Waals surface area contributed by atoms with Crippen molar-refractivity contribution < 1.29 is 4.79 Å². The lowest BCUT2D eigenvalue weighted by atomic mass is 10.1. The summed E-state index contributed by atoms with van der Waals surface area (Å²) < 4.78 is 1.05. The second-order valence-corrected chi connectivity index (χ2v) is 7.31. The first-order valence-electron chi connectivity index (χ1n) is 7.14. The Morgan fingerprint density at radius 1 is 1.13 bits per heavy atom. The number of amides is 1. The van der Waals surface area contributed by atoms with E-state index >= 15 is 0 Å². The number of nitrogens with one attached hydrogen (secondary N) is 1. The maximum atomic E-state index is 11.1. The number of halogens is 1. The summed E-state index contributed by atoms with van der Waals surface area (Å²) in [6.07, 6.45) is 0. The predicted octanol–water partition coefficient (Wildman–Crippen LogP) is 5.51. The summed E-state index contributed by atoms with van der Waals surface area (Å²) in [5.41, 5.74) is 3.93. The van der Waals surface area contributed by atoms with Gasteiger partial charge in [-0.05, 0) is 31.2 Å². The van der Waals surface area contributed by atoms with Crippen molar-refractivity contribution in [3.8, 4) is 21.8 Å². The molecule has 5 heteroatoms. The molecule has 0 saturated carbocycles. The molecule has 3 nitrogen and oxygen atoms in total. The summed E-state index contributed by atoms with van der Waals surface area (Å²) >= 11 is 5.18. The zero-order chi connectivity index (χ0) is 16.4. The van der Waals surface area contributed by atoms with Gasteiger partial charge >= 0.3 is 0 Å². The minimum absolute atomic E-state index is 0.0699. The molecule has 3 rings (SSSR count). The van der Waals surface area contributed by atoms with Gasteiger partial charge in [-0.3, -0.25) is 4.79 Å². The van der Waals surface area contributed by atoms with Gasteiger partial charge in [-0.25, -0.2) is 4.98 Å². The normalized spacial score (nSPS) is 10.6. The molecule has 1 N–H and O–H groups in total. The van der Waals surface area contributed by atoms with E-state index in [9.17, 15) is 4.79 Å². The molecule has 0 aliphatic carbocycles. The molecule has 0 radical (unpaired) electrons. The summed E-state index contributed by atoms with van der Waals surface area (Å²) in [6.45, 7) is 3.58. The zero-order valence-electron chi connectivity index (χ0n) is 12.8. The fraction of sp³-hybridized carbons (Fsp3) is 0.111. The first-order chi connectivity index (χ1) is 11.0. The van der Waals surface area contributed by atoms with E-state index in [1.54, 1.807) is 11.3 Å². The maximum absolute atomic E-state index is 11.1. The first kappa shape index (κ1) is 15.9. The van der Waals surface area contributed by atoms with Gasteiger partial charge < -0.3 is 5.32 Å². The zero-order valence-corrected chi connectivity index (χ0v) is 15.2. The molecule has 0 atom stereocenters. The van der Waals surface area contributed by atoms with Gasteiger partial charge in [0.1, 0.15) is 5.01 Å². The Balaban J connectivity index is 1.93. The molecule has 0 spiro atoms. The van der Waals surface area contributed by atoms with Crippen molar-refractivity contribution in [3.63, 3.8) is 0 Å². The van der Waals surface area contributed by atoms with Gasteiger partial charge in [0, 0.05) is 33.1 Å². The molecule has 1 heterocycles. The predicted molar refractivity (Wildman–Crippen MR) is 99.7 cm³/mol. The molecule has 0 saturated heterocycles. The minimum atomic E-state index is -0.0699. The fourth-order valence-corrected chi connectivity index (χ4v) is 3.66. The van der Waals surface area contributed by atoms with Crippen LogP contribution >= 0.6 is 27.3 Å². The lowest BCUT2D eigenvalue weighted by molar-refractivity contribution is -0.114. The van der Waals surface area contributed by atoms with E-state index in [0.29, 0.717) is 0 Å². The molecule has 0 aliphatic rings. The van der Waals surface area contributed by atoms with Crippen molar-refractivity contribution in [2.45, 2.75) is 13.8 Å². The molecule has 116 valence electrons. The minimum Gasteiger partial charge on any atom is -0.326 e. The smallest absolute Gasteiger partial charge is 0.221 e. The van der Waals surface area contributed by atoms with Gasteiger partial charge in [0.15, 0.2) is 0 Å². The highest BCUT2D eigenvalue weighted by atomic mass is 79.9. The lowest BCUT2D eigenvalue weighted by Gasteiger charge is -2.03. The summed E-state index contributed by atoms with van der Waals surface area (Å²) in [5.74, 6) is -0.0699. The van der Waals surface area contributed by atoms with Gasteiger partial charge in [-0.15, -0.1) is 11.3 Å². The molecule has 0 unspecified atom stereocenters. The summed E-state index contributed by atoms with van der Waals surface area (Å²) in [4.78, 5) is 17.0. The quantitative estimate of drug-likeness (QED) is 0.644. The molecule has 2 aromatic carbocycles. The Kier molecular flexibility index (Phi) is 4.59. The maximum Gasteiger partial charge on any atom is 0.221 e. The number of carbonyl (C=O) groups excluding carboxylic acids is 1. The van der Waals surface area contributed by atoms with Crippen LogP contribution in [0.25, 0.3) is 21.8 Å². The van der Waals surface area contributed by atoms with Crippen molar-refractivity contribution in [1.29, 1.82) is 0 Å². The van der Waals surface area contributed by atoms with Crippen molar-refractivity contribution >= 4 is 38.9 Å².